The average Bonchev–Trinajstić information content (AvgIpc) is 2.63. The Morgan fingerprint density at radius 2 is 2.04 bits per heavy atom. The third kappa shape index (κ3) is 4.56. The van der Waals surface area contributed by atoms with Gasteiger partial charge in [0.05, 0.1) is 25.4 Å². The lowest BCUT2D eigenvalue weighted by atomic mass is 10.1. The molecule has 0 radical (unpaired) electrons. The Balaban J connectivity index is 1.54. The number of rotatable bonds is 7. The summed E-state index contributed by atoms with van der Waals surface area (Å²) in [6, 6.07) is 4.83. The number of aliphatic hydroxyl groups is 1. The lowest BCUT2D eigenvalue weighted by Crippen LogP contribution is -2.48. The van der Waals surface area contributed by atoms with Gasteiger partial charge >= 0.3 is 5.97 Å². The second kappa shape index (κ2) is 8.54. The molecule has 1 N–H and O–H groups in total. The number of carbonyl (C=O) groups excluding carboxylic acids is 1. The van der Waals surface area contributed by atoms with E-state index in [4.69, 9.17) is 14.7 Å². The molecule has 27 heavy (non-hydrogen) atoms. The van der Waals surface area contributed by atoms with Gasteiger partial charge in [0.2, 0.25) is 5.95 Å². The van der Waals surface area contributed by atoms with Crippen molar-refractivity contribution in [3.8, 4) is 11.1 Å². The van der Waals surface area contributed by atoms with Crippen LogP contribution in [0, 0.1) is 5.82 Å². The lowest BCUT2D eigenvalue weighted by Gasteiger charge is -2.31. The first-order valence-corrected chi connectivity index (χ1v) is 8.35. The topological polar surface area (TPSA) is 97.1 Å². The first-order chi connectivity index (χ1) is 13.1. The molecular formula is C18H19FN4O4. The van der Waals surface area contributed by atoms with E-state index < -0.39 is 5.82 Å². The molecule has 0 spiro atoms. The van der Waals surface area contributed by atoms with Crippen molar-refractivity contribution in [3.63, 3.8) is 0 Å². The number of hydrogen-bond acceptors (Lipinski definition) is 8. The SMILES string of the molecule is CC(=O)OCCON=C1CN(c2ncc(-c3cccc(CO)c3F)cn2)C1. The minimum absolute atomic E-state index is 0.161. The Morgan fingerprint density at radius 1 is 1.30 bits per heavy atom. The number of hydrogen-bond donors (Lipinski definition) is 1. The molecule has 9 heteroatoms. The Kier molecular flexibility index (Phi) is 5.92. The van der Waals surface area contributed by atoms with Crippen LogP contribution in [-0.4, -0.2) is 53.1 Å². The number of benzene rings is 1. The van der Waals surface area contributed by atoms with Crippen LogP contribution in [0.1, 0.15) is 12.5 Å². The number of halogens is 1. The van der Waals surface area contributed by atoms with Crippen LogP contribution in [0.25, 0.3) is 11.1 Å². The van der Waals surface area contributed by atoms with Crippen LogP contribution in [0.4, 0.5) is 10.3 Å². The molecule has 0 bridgehead atoms. The molecule has 1 aliphatic rings. The van der Waals surface area contributed by atoms with Gasteiger partial charge in [-0.1, -0.05) is 23.4 Å². The van der Waals surface area contributed by atoms with E-state index in [1.54, 1.807) is 24.5 Å². The molecule has 1 saturated heterocycles. The van der Waals surface area contributed by atoms with Crippen LogP contribution in [0.3, 0.4) is 0 Å². The first-order valence-electron chi connectivity index (χ1n) is 8.35. The number of oxime groups is 1. The molecule has 142 valence electrons. The van der Waals surface area contributed by atoms with E-state index in [-0.39, 0.29) is 31.4 Å². The van der Waals surface area contributed by atoms with Gasteiger partial charge in [0.25, 0.3) is 0 Å². The largest absolute Gasteiger partial charge is 0.462 e. The van der Waals surface area contributed by atoms with E-state index in [9.17, 15) is 9.18 Å². The van der Waals surface area contributed by atoms with Crippen molar-refractivity contribution >= 4 is 17.6 Å². The molecule has 0 atom stereocenters. The number of aliphatic hydroxyl groups excluding tert-OH is 1. The molecule has 3 rings (SSSR count). The fourth-order valence-electron chi connectivity index (χ4n) is 2.50. The summed E-state index contributed by atoms with van der Waals surface area (Å²) in [7, 11) is 0. The standard InChI is InChI=1S/C18H19FN4O4/c1-12(25)26-5-6-27-22-15-9-23(10-15)18-20-7-14(8-21-18)16-4-2-3-13(11-24)17(16)19/h2-4,7-8,24H,5-6,9-11H2,1H3. The molecule has 0 aliphatic carbocycles. The number of nitrogens with zero attached hydrogens (tertiary/aromatic N) is 4. The van der Waals surface area contributed by atoms with Gasteiger partial charge in [0.15, 0.2) is 6.61 Å². The van der Waals surface area contributed by atoms with Gasteiger partial charge in [0, 0.05) is 36.0 Å². The van der Waals surface area contributed by atoms with Crippen molar-refractivity contribution in [2.45, 2.75) is 13.5 Å². The van der Waals surface area contributed by atoms with E-state index in [0.29, 0.717) is 30.2 Å². The third-order valence-corrected chi connectivity index (χ3v) is 3.90. The predicted octanol–water partition coefficient (Wildman–Crippen LogP) is 1.53. The molecule has 2 heterocycles. The fraction of sp³-hybridized carbons (Fsp3) is 0.333. The first kappa shape index (κ1) is 18.7. The van der Waals surface area contributed by atoms with Crippen LogP contribution in [0.15, 0.2) is 35.7 Å². The third-order valence-electron chi connectivity index (χ3n) is 3.90. The summed E-state index contributed by atoms with van der Waals surface area (Å²) >= 11 is 0. The van der Waals surface area contributed by atoms with Crippen LogP contribution >= 0.6 is 0 Å². The van der Waals surface area contributed by atoms with Crippen molar-refractivity contribution in [2.24, 2.45) is 5.16 Å². The molecule has 0 unspecified atom stereocenters. The highest BCUT2D eigenvalue weighted by atomic mass is 19.1. The summed E-state index contributed by atoms with van der Waals surface area (Å²) in [6.07, 6.45) is 3.10. The fourth-order valence-corrected chi connectivity index (χ4v) is 2.50. The van der Waals surface area contributed by atoms with Gasteiger partial charge in [-0.05, 0) is 0 Å². The van der Waals surface area contributed by atoms with E-state index >= 15 is 0 Å². The van der Waals surface area contributed by atoms with Gasteiger partial charge < -0.3 is 19.6 Å². The summed E-state index contributed by atoms with van der Waals surface area (Å²) < 4.78 is 19.0. The highest BCUT2D eigenvalue weighted by Crippen LogP contribution is 2.25. The van der Waals surface area contributed by atoms with E-state index in [2.05, 4.69) is 15.1 Å². The number of ether oxygens (including phenoxy) is 1. The van der Waals surface area contributed by atoms with Gasteiger partial charge in [-0.3, -0.25) is 4.79 Å². The molecule has 0 saturated carbocycles. The second-order valence-electron chi connectivity index (χ2n) is 5.90. The molecular weight excluding hydrogens is 355 g/mol. The minimum atomic E-state index is -0.472. The molecule has 1 fully saturated rings. The molecule has 1 aromatic heterocycles. The molecule has 2 aromatic rings. The highest BCUT2D eigenvalue weighted by molar-refractivity contribution is 5.98. The van der Waals surface area contributed by atoms with Gasteiger partial charge in [0.1, 0.15) is 12.4 Å². The van der Waals surface area contributed by atoms with Gasteiger partial charge in [-0.25, -0.2) is 14.4 Å². The summed E-state index contributed by atoms with van der Waals surface area (Å²) in [4.78, 5) is 26.1. The summed E-state index contributed by atoms with van der Waals surface area (Å²) in [6.45, 7) is 2.39. The summed E-state index contributed by atoms with van der Waals surface area (Å²) in [5, 5.41) is 13.1. The normalized spacial score (nSPS) is 13.1. The van der Waals surface area contributed by atoms with Crippen LogP contribution in [0.5, 0.6) is 0 Å². The van der Waals surface area contributed by atoms with Crippen molar-refractivity contribution in [2.75, 3.05) is 31.2 Å². The second-order valence-corrected chi connectivity index (χ2v) is 5.90. The Morgan fingerprint density at radius 3 is 2.70 bits per heavy atom. The minimum Gasteiger partial charge on any atom is -0.462 e. The smallest absolute Gasteiger partial charge is 0.302 e. The van der Waals surface area contributed by atoms with E-state index in [1.807, 2.05) is 4.90 Å². The van der Waals surface area contributed by atoms with Crippen LogP contribution in [0.2, 0.25) is 0 Å². The monoisotopic (exact) mass is 374 g/mol. The van der Waals surface area contributed by atoms with E-state index in [0.717, 1.165) is 5.71 Å². The lowest BCUT2D eigenvalue weighted by molar-refractivity contribution is -0.142. The van der Waals surface area contributed by atoms with Gasteiger partial charge in [-0.15, -0.1) is 0 Å². The van der Waals surface area contributed by atoms with Crippen molar-refractivity contribution in [3.05, 3.63) is 42.0 Å². The Bertz CT molecular complexity index is 834. The predicted molar refractivity (Wildman–Crippen MR) is 95.6 cm³/mol. The molecule has 1 aliphatic heterocycles. The van der Waals surface area contributed by atoms with Crippen molar-refractivity contribution in [1.82, 2.24) is 9.97 Å². The zero-order valence-corrected chi connectivity index (χ0v) is 14.8. The maximum absolute atomic E-state index is 14.3. The maximum atomic E-state index is 14.3. The number of aromatic nitrogens is 2. The quantitative estimate of drug-likeness (QED) is 0.446. The Labute approximate surface area is 155 Å². The van der Waals surface area contributed by atoms with Crippen LogP contribution < -0.4 is 4.90 Å². The van der Waals surface area contributed by atoms with Crippen molar-refractivity contribution in [1.29, 1.82) is 0 Å². The van der Waals surface area contributed by atoms with Crippen molar-refractivity contribution < 1.29 is 23.9 Å². The average molecular weight is 374 g/mol. The van der Waals surface area contributed by atoms with Crippen LogP contribution in [-0.2, 0) is 21.0 Å². The molecule has 1 aromatic carbocycles. The number of anilines is 1. The molecule has 8 nitrogen and oxygen atoms in total. The molecule has 0 amide bonds. The maximum Gasteiger partial charge on any atom is 0.302 e. The summed E-state index contributed by atoms with van der Waals surface area (Å²) in [5.74, 6) is -0.318. The zero-order chi connectivity index (χ0) is 19.2. The zero-order valence-electron chi connectivity index (χ0n) is 14.8. The highest BCUT2D eigenvalue weighted by Gasteiger charge is 2.25. The number of esters is 1. The summed E-state index contributed by atoms with van der Waals surface area (Å²) in [5.41, 5.74) is 1.94. The number of carbonyl (C=O) groups is 1. The Hall–Kier alpha value is -3.07. The van der Waals surface area contributed by atoms with E-state index in [1.165, 1.54) is 13.0 Å². The van der Waals surface area contributed by atoms with Gasteiger partial charge in [-0.2, -0.15) is 0 Å².